The van der Waals surface area contributed by atoms with Gasteiger partial charge in [0.15, 0.2) is 11.3 Å². The Labute approximate surface area is 249 Å². The van der Waals surface area contributed by atoms with Crippen LogP contribution in [0.15, 0.2) is 59.5 Å². The molecule has 0 saturated heterocycles. The third kappa shape index (κ3) is 5.43. The second kappa shape index (κ2) is 11.9. The molecule has 0 atom stereocenters. The highest BCUT2D eigenvalue weighted by atomic mass is 19.3. The summed E-state index contributed by atoms with van der Waals surface area (Å²) in [6.45, 7) is 0.592. The lowest BCUT2D eigenvalue weighted by Crippen LogP contribution is -2.45. The molecule has 0 bridgehead atoms. The number of carbonyl (C=O) groups excluding carboxylic acids is 3. The van der Waals surface area contributed by atoms with E-state index >= 15 is 8.78 Å². The van der Waals surface area contributed by atoms with Crippen LogP contribution < -0.4 is 10.3 Å². The molecular formula is C32H28F3N3O6. The lowest BCUT2D eigenvalue weighted by Gasteiger charge is -2.25. The number of halogens is 3. The van der Waals surface area contributed by atoms with Crippen LogP contribution in [-0.2, 0) is 24.1 Å². The Balaban J connectivity index is 1.67. The van der Waals surface area contributed by atoms with E-state index in [1.807, 2.05) is 0 Å². The van der Waals surface area contributed by atoms with Crippen molar-refractivity contribution in [2.75, 3.05) is 20.3 Å². The lowest BCUT2D eigenvalue weighted by molar-refractivity contribution is -0.0359. The molecule has 0 N–H and O–H groups in total. The number of benzene rings is 2. The molecule has 2 aromatic carbocycles. The highest BCUT2D eigenvalue weighted by Gasteiger charge is 2.43. The van der Waals surface area contributed by atoms with Crippen LogP contribution in [0.2, 0.25) is 0 Å². The van der Waals surface area contributed by atoms with E-state index in [0.717, 1.165) is 4.57 Å². The molecule has 228 valence electrons. The van der Waals surface area contributed by atoms with Crippen molar-refractivity contribution >= 4 is 28.8 Å². The maximum absolute atomic E-state index is 15.9. The number of nitrogens with zero attached hydrogens (tertiary/aromatic N) is 3. The van der Waals surface area contributed by atoms with Gasteiger partial charge in [0.1, 0.15) is 11.3 Å². The summed E-state index contributed by atoms with van der Waals surface area (Å²) >= 11 is 0. The van der Waals surface area contributed by atoms with E-state index < -0.39 is 53.7 Å². The number of aromatic nitrogens is 2. The fourth-order valence-electron chi connectivity index (χ4n) is 5.48. The molecule has 0 aliphatic carbocycles. The van der Waals surface area contributed by atoms with E-state index in [-0.39, 0.29) is 47.4 Å². The van der Waals surface area contributed by atoms with Crippen molar-refractivity contribution in [3.8, 4) is 5.75 Å². The first-order valence-corrected chi connectivity index (χ1v) is 13.9. The second-order valence-electron chi connectivity index (χ2n) is 10.2. The van der Waals surface area contributed by atoms with E-state index in [4.69, 9.17) is 9.47 Å². The lowest BCUT2D eigenvalue weighted by atomic mass is 9.97. The topological polar surface area (TPSA) is 108 Å². The van der Waals surface area contributed by atoms with Crippen molar-refractivity contribution in [3.63, 3.8) is 0 Å². The van der Waals surface area contributed by atoms with Gasteiger partial charge in [0.25, 0.3) is 23.3 Å². The van der Waals surface area contributed by atoms with Gasteiger partial charge in [0, 0.05) is 6.20 Å². The summed E-state index contributed by atoms with van der Waals surface area (Å²) < 4.78 is 56.6. The summed E-state index contributed by atoms with van der Waals surface area (Å²) in [6.07, 6.45) is 2.00. The first kappa shape index (κ1) is 30.5. The standard InChI is InChI=1S/C32H28F3N3O6/c1-4-21-19(14-18-10-12-20(33)13-11-18)15-36-25-26(21)37(30(41)24(27(25)43-3)31(42)44-5-2)16-32(34,35)17-38-28(39)22-8-6-7-9-23(22)29(38)40/h6-13,15H,4-5,14,16-17H2,1-3H3. The smallest absolute Gasteiger partial charge is 0.347 e. The summed E-state index contributed by atoms with van der Waals surface area (Å²) in [5.74, 6) is -7.30. The molecule has 4 aromatic rings. The van der Waals surface area contributed by atoms with Crippen molar-refractivity contribution in [1.29, 1.82) is 0 Å². The van der Waals surface area contributed by atoms with Gasteiger partial charge in [-0.1, -0.05) is 31.2 Å². The van der Waals surface area contributed by atoms with E-state index in [0.29, 0.717) is 21.6 Å². The summed E-state index contributed by atoms with van der Waals surface area (Å²) in [7, 11) is 1.22. The number of ether oxygens (including phenoxy) is 2. The number of alkyl halides is 2. The normalized spacial score (nSPS) is 13.0. The third-order valence-electron chi connectivity index (χ3n) is 7.42. The minimum absolute atomic E-state index is 0.00375. The highest BCUT2D eigenvalue weighted by Crippen LogP contribution is 2.33. The van der Waals surface area contributed by atoms with Crippen LogP contribution in [0.4, 0.5) is 13.2 Å². The van der Waals surface area contributed by atoms with Crippen LogP contribution in [0.5, 0.6) is 5.75 Å². The quantitative estimate of drug-likeness (QED) is 0.188. The first-order chi connectivity index (χ1) is 21.0. The zero-order valence-electron chi connectivity index (χ0n) is 24.2. The van der Waals surface area contributed by atoms with Crippen molar-refractivity contribution in [3.05, 3.63) is 104 Å². The van der Waals surface area contributed by atoms with Gasteiger partial charge < -0.3 is 9.47 Å². The van der Waals surface area contributed by atoms with Crippen molar-refractivity contribution in [2.24, 2.45) is 0 Å². The van der Waals surface area contributed by atoms with Gasteiger partial charge in [-0.2, -0.15) is 0 Å². The maximum Gasteiger partial charge on any atom is 0.347 e. The van der Waals surface area contributed by atoms with E-state index in [9.17, 15) is 23.6 Å². The van der Waals surface area contributed by atoms with Crippen LogP contribution in [0.3, 0.4) is 0 Å². The monoisotopic (exact) mass is 607 g/mol. The number of hydrogen-bond donors (Lipinski definition) is 0. The molecule has 2 amide bonds. The molecule has 0 unspecified atom stereocenters. The summed E-state index contributed by atoms with van der Waals surface area (Å²) in [6, 6.07) is 11.5. The number of hydrogen-bond acceptors (Lipinski definition) is 7. The van der Waals surface area contributed by atoms with Gasteiger partial charge in [-0.25, -0.2) is 18.0 Å². The number of carbonyl (C=O) groups is 3. The van der Waals surface area contributed by atoms with Crippen LogP contribution in [0.25, 0.3) is 11.0 Å². The fraction of sp³-hybridized carbons (Fsp3) is 0.281. The molecule has 0 radical (unpaired) electrons. The molecule has 3 heterocycles. The average molecular weight is 608 g/mol. The number of imide groups is 1. The van der Waals surface area contributed by atoms with E-state index in [1.165, 1.54) is 56.6 Å². The number of methoxy groups -OCH3 is 1. The van der Waals surface area contributed by atoms with Gasteiger partial charge in [0.2, 0.25) is 0 Å². The van der Waals surface area contributed by atoms with Crippen LogP contribution in [-0.4, -0.2) is 58.4 Å². The molecule has 1 aliphatic heterocycles. The van der Waals surface area contributed by atoms with Crippen molar-refractivity contribution in [1.82, 2.24) is 14.5 Å². The zero-order chi connectivity index (χ0) is 31.8. The molecule has 9 nitrogen and oxygen atoms in total. The van der Waals surface area contributed by atoms with Gasteiger partial charge >= 0.3 is 5.97 Å². The number of pyridine rings is 2. The predicted octanol–water partition coefficient (Wildman–Crippen LogP) is 4.81. The SMILES string of the molecule is CCOC(=O)c1c(OC)c2ncc(Cc3ccc(F)cc3)c(CC)c2n(CC(F)(F)CN2C(=O)c3ccccc3C2=O)c1=O. The Morgan fingerprint density at radius 1 is 0.955 bits per heavy atom. The average Bonchev–Trinajstić information content (AvgIpc) is 3.23. The first-order valence-electron chi connectivity index (χ1n) is 13.9. The van der Waals surface area contributed by atoms with Gasteiger partial charge in [-0.05, 0) is 60.7 Å². The molecule has 0 fully saturated rings. The maximum atomic E-state index is 15.9. The third-order valence-corrected chi connectivity index (χ3v) is 7.42. The number of fused-ring (bicyclic) bond motifs is 2. The Kier molecular flexibility index (Phi) is 8.27. The van der Waals surface area contributed by atoms with Crippen LogP contribution in [0, 0.1) is 5.82 Å². The number of aryl methyl sites for hydroxylation is 1. The molecule has 0 spiro atoms. The summed E-state index contributed by atoms with van der Waals surface area (Å²) in [5.41, 5.74) is 0.0406. The van der Waals surface area contributed by atoms with Crippen molar-refractivity contribution in [2.45, 2.75) is 39.2 Å². The number of esters is 1. The molecule has 5 rings (SSSR count). The number of rotatable bonds is 10. The minimum atomic E-state index is -3.82. The van der Waals surface area contributed by atoms with Crippen LogP contribution >= 0.6 is 0 Å². The van der Waals surface area contributed by atoms with Crippen molar-refractivity contribution < 1.29 is 37.0 Å². The zero-order valence-corrected chi connectivity index (χ0v) is 24.2. The Morgan fingerprint density at radius 2 is 1.59 bits per heavy atom. The Morgan fingerprint density at radius 3 is 2.16 bits per heavy atom. The molecule has 2 aromatic heterocycles. The molecule has 1 aliphatic rings. The van der Waals surface area contributed by atoms with Gasteiger partial charge in [0.05, 0.1) is 43.4 Å². The van der Waals surface area contributed by atoms with Gasteiger partial charge in [-0.3, -0.25) is 28.8 Å². The summed E-state index contributed by atoms with van der Waals surface area (Å²) in [5, 5.41) is 0. The van der Waals surface area contributed by atoms with Crippen LogP contribution in [0.1, 0.15) is 61.6 Å². The molecule has 12 heteroatoms. The molecule has 0 saturated carbocycles. The Bertz CT molecular complexity index is 1820. The number of amides is 2. The highest BCUT2D eigenvalue weighted by molar-refractivity contribution is 6.21. The molecular weight excluding hydrogens is 579 g/mol. The minimum Gasteiger partial charge on any atom is -0.493 e. The second-order valence-corrected chi connectivity index (χ2v) is 10.2. The van der Waals surface area contributed by atoms with E-state index in [2.05, 4.69) is 4.98 Å². The fourth-order valence-corrected chi connectivity index (χ4v) is 5.48. The predicted molar refractivity (Wildman–Crippen MR) is 154 cm³/mol. The Hall–Kier alpha value is -5.00. The van der Waals surface area contributed by atoms with Gasteiger partial charge in [-0.15, -0.1) is 0 Å². The largest absolute Gasteiger partial charge is 0.493 e. The molecule has 44 heavy (non-hydrogen) atoms. The van der Waals surface area contributed by atoms with E-state index in [1.54, 1.807) is 19.1 Å². The summed E-state index contributed by atoms with van der Waals surface area (Å²) in [4.78, 5) is 57.4.